The maximum absolute atomic E-state index is 5.37. The predicted octanol–water partition coefficient (Wildman–Crippen LogP) is 0.497. The van der Waals surface area contributed by atoms with Crippen molar-refractivity contribution in [1.29, 1.82) is 0 Å². The van der Waals surface area contributed by atoms with Crippen LogP contribution < -0.4 is 5.32 Å². The van der Waals surface area contributed by atoms with Crippen molar-refractivity contribution in [3.8, 4) is 0 Å². The van der Waals surface area contributed by atoms with Crippen molar-refractivity contribution in [2.45, 2.75) is 45.5 Å². The summed E-state index contributed by atoms with van der Waals surface area (Å²) in [5, 5.41) is 11.7. The number of nitrogens with zero attached hydrogens (tertiary/aromatic N) is 4. The molecule has 108 valence electrons. The second-order valence-electron chi connectivity index (χ2n) is 5.46. The molecule has 1 unspecified atom stereocenters. The van der Waals surface area contributed by atoms with Gasteiger partial charge in [-0.3, -0.25) is 9.58 Å². The van der Waals surface area contributed by atoms with Crippen LogP contribution >= 0.6 is 0 Å². The van der Waals surface area contributed by atoms with E-state index in [1.807, 2.05) is 10.9 Å². The fraction of sp³-hybridized carbons (Fsp3) is 0.846. The van der Waals surface area contributed by atoms with E-state index in [9.17, 15) is 0 Å². The highest BCUT2D eigenvalue weighted by atomic mass is 16.5. The van der Waals surface area contributed by atoms with Gasteiger partial charge in [0.25, 0.3) is 0 Å². The van der Waals surface area contributed by atoms with Crippen LogP contribution in [0.25, 0.3) is 0 Å². The minimum atomic E-state index is 0.404. The van der Waals surface area contributed by atoms with Gasteiger partial charge in [-0.2, -0.15) is 0 Å². The van der Waals surface area contributed by atoms with Crippen molar-refractivity contribution < 1.29 is 4.74 Å². The lowest BCUT2D eigenvalue weighted by molar-refractivity contribution is 0.107. The quantitative estimate of drug-likeness (QED) is 0.779. The molecule has 2 heterocycles. The molecule has 1 fully saturated rings. The molecule has 1 aromatic rings. The van der Waals surface area contributed by atoms with Gasteiger partial charge in [0.1, 0.15) is 0 Å². The first-order valence-corrected chi connectivity index (χ1v) is 7.05. The summed E-state index contributed by atoms with van der Waals surface area (Å²) >= 11 is 0. The van der Waals surface area contributed by atoms with Crippen molar-refractivity contribution in [3.63, 3.8) is 0 Å². The Morgan fingerprint density at radius 2 is 2.32 bits per heavy atom. The number of rotatable bonds is 7. The Morgan fingerprint density at radius 3 is 3.00 bits per heavy atom. The van der Waals surface area contributed by atoms with E-state index < -0.39 is 0 Å². The Hall–Kier alpha value is -0.980. The molecule has 0 aromatic carbocycles. The maximum Gasteiger partial charge on any atom is 0.0964 e. The fourth-order valence-electron chi connectivity index (χ4n) is 2.27. The normalized spacial score (nSPS) is 20.5. The third-order valence-corrected chi connectivity index (χ3v) is 3.49. The van der Waals surface area contributed by atoms with Gasteiger partial charge < -0.3 is 10.1 Å². The Morgan fingerprint density at radius 1 is 1.47 bits per heavy atom. The summed E-state index contributed by atoms with van der Waals surface area (Å²) in [6, 6.07) is 0.473. The largest absolute Gasteiger partial charge is 0.380 e. The highest BCUT2D eigenvalue weighted by Gasteiger charge is 2.21. The van der Waals surface area contributed by atoms with Crippen LogP contribution in [-0.4, -0.2) is 58.8 Å². The zero-order chi connectivity index (χ0) is 13.7. The minimum absolute atomic E-state index is 0.404. The number of hydrogen-bond donors (Lipinski definition) is 1. The SMILES string of the molecule is COC1CCN(CCn2cc(CNC(C)C)nn2)C1. The minimum Gasteiger partial charge on any atom is -0.380 e. The van der Waals surface area contributed by atoms with Gasteiger partial charge >= 0.3 is 0 Å². The molecule has 0 saturated carbocycles. The lowest BCUT2D eigenvalue weighted by atomic mass is 10.3. The van der Waals surface area contributed by atoms with Gasteiger partial charge in [0.05, 0.1) is 18.3 Å². The van der Waals surface area contributed by atoms with Gasteiger partial charge in [-0.1, -0.05) is 19.1 Å². The summed E-state index contributed by atoms with van der Waals surface area (Å²) in [7, 11) is 1.79. The number of ether oxygens (including phenoxy) is 1. The van der Waals surface area contributed by atoms with E-state index in [1.54, 1.807) is 7.11 Å². The van der Waals surface area contributed by atoms with E-state index in [-0.39, 0.29) is 0 Å². The van der Waals surface area contributed by atoms with Crippen LogP contribution in [0, 0.1) is 0 Å². The molecular formula is C13H25N5O. The van der Waals surface area contributed by atoms with E-state index in [2.05, 4.69) is 34.4 Å². The van der Waals surface area contributed by atoms with Crippen molar-refractivity contribution in [2.75, 3.05) is 26.7 Å². The lowest BCUT2D eigenvalue weighted by Crippen LogP contribution is -2.26. The van der Waals surface area contributed by atoms with Crippen LogP contribution in [0.3, 0.4) is 0 Å². The third-order valence-electron chi connectivity index (χ3n) is 3.49. The number of methoxy groups -OCH3 is 1. The molecule has 0 amide bonds. The van der Waals surface area contributed by atoms with E-state index in [0.29, 0.717) is 12.1 Å². The van der Waals surface area contributed by atoms with Crippen molar-refractivity contribution in [2.24, 2.45) is 0 Å². The molecule has 0 radical (unpaired) electrons. The summed E-state index contributed by atoms with van der Waals surface area (Å²) in [5.41, 5.74) is 1.00. The van der Waals surface area contributed by atoms with E-state index in [4.69, 9.17) is 4.74 Å². The highest BCUT2D eigenvalue weighted by molar-refractivity contribution is 4.92. The topological polar surface area (TPSA) is 55.2 Å². The van der Waals surface area contributed by atoms with Crippen LogP contribution in [-0.2, 0) is 17.8 Å². The van der Waals surface area contributed by atoms with Gasteiger partial charge in [0.2, 0.25) is 0 Å². The van der Waals surface area contributed by atoms with Crippen LogP contribution in [0.2, 0.25) is 0 Å². The molecule has 19 heavy (non-hydrogen) atoms. The second kappa shape index (κ2) is 6.98. The van der Waals surface area contributed by atoms with Gasteiger partial charge in [-0.05, 0) is 6.42 Å². The average molecular weight is 267 g/mol. The van der Waals surface area contributed by atoms with Gasteiger partial charge in [0, 0.05) is 45.5 Å². The van der Waals surface area contributed by atoms with E-state index in [0.717, 1.165) is 44.8 Å². The lowest BCUT2D eigenvalue weighted by Gasteiger charge is -2.14. The fourth-order valence-corrected chi connectivity index (χ4v) is 2.27. The molecule has 1 N–H and O–H groups in total. The Labute approximate surface area is 115 Å². The Bertz CT molecular complexity index is 379. The Balaban J connectivity index is 1.71. The first-order valence-electron chi connectivity index (χ1n) is 7.05. The molecule has 1 aliphatic rings. The molecule has 1 saturated heterocycles. The van der Waals surface area contributed by atoms with Crippen molar-refractivity contribution >= 4 is 0 Å². The van der Waals surface area contributed by atoms with Gasteiger partial charge in [-0.25, -0.2) is 0 Å². The predicted molar refractivity (Wildman–Crippen MR) is 73.9 cm³/mol. The van der Waals surface area contributed by atoms with Gasteiger partial charge in [0.15, 0.2) is 0 Å². The molecule has 0 bridgehead atoms. The zero-order valence-electron chi connectivity index (χ0n) is 12.2. The van der Waals surface area contributed by atoms with Gasteiger partial charge in [-0.15, -0.1) is 5.10 Å². The number of nitrogens with one attached hydrogen (secondary N) is 1. The molecule has 0 spiro atoms. The van der Waals surface area contributed by atoms with Crippen LogP contribution in [0.15, 0.2) is 6.20 Å². The third kappa shape index (κ3) is 4.56. The Kier molecular flexibility index (Phi) is 5.30. The molecule has 0 aliphatic carbocycles. The molecular weight excluding hydrogens is 242 g/mol. The first-order chi connectivity index (χ1) is 9.17. The number of hydrogen-bond acceptors (Lipinski definition) is 5. The van der Waals surface area contributed by atoms with Crippen LogP contribution in [0.5, 0.6) is 0 Å². The van der Waals surface area contributed by atoms with E-state index >= 15 is 0 Å². The monoisotopic (exact) mass is 267 g/mol. The number of likely N-dealkylation sites (tertiary alicyclic amines) is 1. The summed E-state index contributed by atoms with van der Waals surface area (Å²) in [6.07, 6.45) is 3.57. The average Bonchev–Trinajstić information content (AvgIpc) is 3.03. The molecule has 6 heteroatoms. The van der Waals surface area contributed by atoms with Crippen molar-refractivity contribution in [1.82, 2.24) is 25.2 Å². The molecule has 1 aliphatic heterocycles. The number of aromatic nitrogens is 3. The van der Waals surface area contributed by atoms with E-state index in [1.165, 1.54) is 0 Å². The summed E-state index contributed by atoms with van der Waals surface area (Å²) in [6.45, 7) is 9.11. The van der Waals surface area contributed by atoms with Crippen LogP contribution in [0.4, 0.5) is 0 Å². The molecule has 2 rings (SSSR count). The second-order valence-corrected chi connectivity index (χ2v) is 5.46. The summed E-state index contributed by atoms with van der Waals surface area (Å²) < 4.78 is 7.30. The smallest absolute Gasteiger partial charge is 0.0964 e. The standard InChI is InChI=1S/C13H25N5O/c1-11(2)14-8-12-9-18(16-15-12)7-6-17-5-4-13(10-17)19-3/h9,11,13-14H,4-8,10H2,1-3H3. The summed E-state index contributed by atoms with van der Waals surface area (Å²) in [4.78, 5) is 2.42. The van der Waals surface area contributed by atoms with Crippen molar-refractivity contribution in [3.05, 3.63) is 11.9 Å². The maximum atomic E-state index is 5.37. The zero-order valence-corrected chi connectivity index (χ0v) is 12.2. The first kappa shape index (κ1) is 14.4. The highest BCUT2D eigenvalue weighted by Crippen LogP contribution is 2.11. The molecule has 1 atom stereocenters. The van der Waals surface area contributed by atoms with Crippen LogP contribution in [0.1, 0.15) is 26.0 Å². The summed E-state index contributed by atoms with van der Waals surface area (Å²) in [5.74, 6) is 0. The molecule has 6 nitrogen and oxygen atoms in total. The molecule has 1 aromatic heterocycles.